The third kappa shape index (κ3) is 3.98. The van der Waals surface area contributed by atoms with Crippen molar-refractivity contribution >= 4 is 32.9 Å². The largest absolute Gasteiger partial charge is 0.356 e. The molecule has 1 atom stereocenters. The zero-order chi connectivity index (χ0) is 19.5. The van der Waals surface area contributed by atoms with Crippen LogP contribution >= 0.6 is 15.9 Å². The fourth-order valence-corrected chi connectivity index (χ4v) is 4.26. The average molecular weight is 441 g/mol. The van der Waals surface area contributed by atoms with Gasteiger partial charge < -0.3 is 5.32 Å². The van der Waals surface area contributed by atoms with E-state index in [4.69, 9.17) is 4.98 Å². The van der Waals surface area contributed by atoms with Crippen molar-refractivity contribution in [2.24, 2.45) is 5.92 Å². The molecule has 4 rings (SSSR count). The Labute approximate surface area is 173 Å². The normalized spacial score (nSPS) is 17.7. The highest BCUT2D eigenvalue weighted by Gasteiger charge is 2.26. The number of hydrogen-bond donors (Lipinski definition) is 1. The van der Waals surface area contributed by atoms with Crippen LogP contribution in [0.15, 0.2) is 53.0 Å². The number of amides is 1. The highest BCUT2D eigenvalue weighted by molar-refractivity contribution is 9.10. The number of nitrogens with zero attached hydrogens (tertiary/aromatic N) is 3. The molecule has 0 saturated carbocycles. The Bertz CT molecular complexity index is 966. The first-order valence-corrected chi connectivity index (χ1v) is 10.7. The van der Waals surface area contributed by atoms with Gasteiger partial charge in [0.05, 0.1) is 23.5 Å². The molecule has 1 aromatic heterocycles. The number of benzene rings is 2. The number of nitrogens with one attached hydrogen (secondary N) is 1. The number of carbonyl (C=O) groups is 1. The van der Waals surface area contributed by atoms with E-state index in [0.717, 1.165) is 59.5 Å². The summed E-state index contributed by atoms with van der Waals surface area (Å²) < 4.78 is 3.29. The summed E-state index contributed by atoms with van der Waals surface area (Å²) in [7, 11) is 0. The molecule has 0 spiro atoms. The Kier molecular flexibility index (Phi) is 5.78. The molecule has 1 saturated heterocycles. The summed E-state index contributed by atoms with van der Waals surface area (Å²) in [6.07, 6.45) is 2.01. The van der Waals surface area contributed by atoms with Gasteiger partial charge in [0.2, 0.25) is 5.91 Å². The number of fused-ring (bicyclic) bond motifs is 1. The van der Waals surface area contributed by atoms with Crippen LogP contribution in [0.25, 0.3) is 16.7 Å². The van der Waals surface area contributed by atoms with Gasteiger partial charge in [-0.2, -0.15) is 0 Å². The second kappa shape index (κ2) is 8.45. The van der Waals surface area contributed by atoms with Crippen LogP contribution in [0.4, 0.5) is 0 Å². The summed E-state index contributed by atoms with van der Waals surface area (Å²) >= 11 is 3.52. The zero-order valence-electron chi connectivity index (χ0n) is 16.1. The number of aromatic nitrogens is 2. The molecule has 5 nitrogen and oxygen atoms in total. The number of para-hydroxylation sites is 2. The monoisotopic (exact) mass is 440 g/mol. The van der Waals surface area contributed by atoms with E-state index in [1.54, 1.807) is 0 Å². The fraction of sp³-hybridized carbons (Fsp3) is 0.364. The van der Waals surface area contributed by atoms with Crippen molar-refractivity contribution in [1.82, 2.24) is 19.8 Å². The molecule has 0 bridgehead atoms. The number of imidazole rings is 1. The standard InChI is InChI=1S/C22H25BrN4O/c1-2-24-22(28)16-6-5-13-26(14-16)15-21-25-19-7-3-4-8-20(19)27(21)18-11-9-17(23)10-12-18/h3-4,7-12,16H,2,5-6,13-15H2,1H3,(H,24,28)/t16-/m0/s1. The highest BCUT2D eigenvalue weighted by atomic mass is 79.9. The van der Waals surface area contributed by atoms with E-state index < -0.39 is 0 Å². The molecular weight excluding hydrogens is 416 g/mol. The Morgan fingerprint density at radius 2 is 2.00 bits per heavy atom. The van der Waals surface area contributed by atoms with Crippen LogP contribution in [0.3, 0.4) is 0 Å². The van der Waals surface area contributed by atoms with Crippen LogP contribution < -0.4 is 5.32 Å². The molecule has 1 fully saturated rings. The summed E-state index contributed by atoms with van der Waals surface area (Å²) in [5, 5.41) is 2.97. The van der Waals surface area contributed by atoms with Crippen molar-refractivity contribution in [1.29, 1.82) is 0 Å². The molecule has 0 aliphatic carbocycles. The van der Waals surface area contributed by atoms with Gasteiger partial charge in [-0.05, 0) is 62.7 Å². The van der Waals surface area contributed by atoms with Crippen LogP contribution in [0, 0.1) is 5.92 Å². The second-order valence-electron chi connectivity index (χ2n) is 7.30. The minimum Gasteiger partial charge on any atom is -0.356 e. The topological polar surface area (TPSA) is 50.2 Å². The first-order valence-electron chi connectivity index (χ1n) is 9.88. The predicted molar refractivity (Wildman–Crippen MR) is 115 cm³/mol. The molecule has 1 aliphatic rings. The zero-order valence-corrected chi connectivity index (χ0v) is 17.7. The summed E-state index contributed by atoms with van der Waals surface area (Å²) in [5.41, 5.74) is 3.21. The fourth-order valence-electron chi connectivity index (χ4n) is 3.99. The van der Waals surface area contributed by atoms with Crippen molar-refractivity contribution in [3.63, 3.8) is 0 Å². The van der Waals surface area contributed by atoms with Crippen molar-refractivity contribution in [3.05, 3.63) is 58.8 Å². The molecule has 0 unspecified atom stereocenters. The number of likely N-dealkylation sites (tertiary alicyclic amines) is 1. The second-order valence-corrected chi connectivity index (χ2v) is 8.21. The van der Waals surface area contributed by atoms with E-state index in [1.165, 1.54) is 0 Å². The quantitative estimate of drug-likeness (QED) is 0.648. The van der Waals surface area contributed by atoms with E-state index >= 15 is 0 Å². The van der Waals surface area contributed by atoms with E-state index in [0.29, 0.717) is 6.54 Å². The maximum Gasteiger partial charge on any atom is 0.224 e. The van der Waals surface area contributed by atoms with Crippen LogP contribution in [0.5, 0.6) is 0 Å². The summed E-state index contributed by atoms with van der Waals surface area (Å²) in [6, 6.07) is 16.6. The molecule has 0 radical (unpaired) electrons. The maximum absolute atomic E-state index is 12.3. The molecule has 1 amide bonds. The van der Waals surface area contributed by atoms with Gasteiger partial charge in [0, 0.05) is 23.2 Å². The lowest BCUT2D eigenvalue weighted by molar-refractivity contribution is -0.126. The number of piperidine rings is 1. The average Bonchev–Trinajstić information content (AvgIpc) is 3.07. The summed E-state index contributed by atoms with van der Waals surface area (Å²) in [4.78, 5) is 19.6. The molecule has 146 valence electrons. The Morgan fingerprint density at radius 1 is 1.21 bits per heavy atom. The van der Waals surface area contributed by atoms with Gasteiger partial charge in [-0.15, -0.1) is 0 Å². The first kappa shape index (κ1) is 19.2. The van der Waals surface area contributed by atoms with Gasteiger partial charge >= 0.3 is 0 Å². The maximum atomic E-state index is 12.3. The summed E-state index contributed by atoms with van der Waals surface area (Å²) in [5.74, 6) is 1.26. The van der Waals surface area contributed by atoms with E-state index in [2.05, 4.69) is 73.2 Å². The minimum atomic E-state index is 0.0687. The molecule has 3 aromatic rings. The van der Waals surface area contributed by atoms with Crippen molar-refractivity contribution in [2.75, 3.05) is 19.6 Å². The Hall–Kier alpha value is -2.18. The van der Waals surface area contributed by atoms with Crippen LogP contribution in [-0.2, 0) is 11.3 Å². The SMILES string of the molecule is CCNC(=O)[C@H]1CCCN(Cc2nc3ccccc3n2-c2ccc(Br)cc2)C1. The summed E-state index contributed by atoms with van der Waals surface area (Å²) in [6.45, 7) is 5.18. The lowest BCUT2D eigenvalue weighted by Gasteiger charge is -2.31. The van der Waals surface area contributed by atoms with Crippen molar-refractivity contribution in [3.8, 4) is 5.69 Å². The third-order valence-corrected chi connectivity index (χ3v) is 5.84. The number of carbonyl (C=O) groups excluding carboxylic acids is 1. The highest BCUT2D eigenvalue weighted by Crippen LogP contribution is 2.25. The van der Waals surface area contributed by atoms with Crippen LogP contribution in [0.1, 0.15) is 25.6 Å². The van der Waals surface area contributed by atoms with E-state index in [9.17, 15) is 4.79 Å². The number of rotatable bonds is 5. The molecule has 2 aromatic carbocycles. The minimum absolute atomic E-state index is 0.0687. The van der Waals surface area contributed by atoms with Crippen LogP contribution in [0.2, 0.25) is 0 Å². The Balaban J connectivity index is 1.64. The molecule has 1 aliphatic heterocycles. The van der Waals surface area contributed by atoms with E-state index in [1.807, 2.05) is 13.0 Å². The van der Waals surface area contributed by atoms with Gasteiger partial charge in [0.1, 0.15) is 5.82 Å². The Morgan fingerprint density at radius 3 is 2.79 bits per heavy atom. The van der Waals surface area contributed by atoms with Crippen LogP contribution in [-0.4, -0.2) is 40.0 Å². The molecule has 2 heterocycles. The van der Waals surface area contributed by atoms with Crippen molar-refractivity contribution in [2.45, 2.75) is 26.3 Å². The van der Waals surface area contributed by atoms with Gasteiger partial charge in [-0.25, -0.2) is 4.98 Å². The predicted octanol–water partition coefficient (Wildman–Crippen LogP) is 4.14. The first-order chi connectivity index (χ1) is 13.7. The third-order valence-electron chi connectivity index (χ3n) is 5.31. The van der Waals surface area contributed by atoms with E-state index in [-0.39, 0.29) is 11.8 Å². The smallest absolute Gasteiger partial charge is 0.224 e. The lowest BCUT2D eigenvalue weighted by Crippen LogP contribution is -2.42. The molecule has 28 heavy (non-hydrogen) atoms. The molecule has 6 heteroatoms. The van der Waals surface area contributed by atoms with Gasteiger partial charge in [-0.3, -0.25) is 14.3 Å². The number of halogens is 1. The van der Waals surface area contributed by atoms with Gasteiger partial charge in [0.25, 0.3) is 0 Å². The van der Waals surface area contributed by atoms with Gasteiger partial charge in [0.15, 0.2) is 0 Å². The lowest BCUT2D eigenvalue weighted by atomic mass is 9.97. The van der Waals surface area contributed by atoms with Gasteiger partial charge in [-0.1, -0.05) is 28.1 Å². The van der Waals surface area contributed by atoms with Crippen molar-refractivity contribution < 1.29 is 4.79 Å². The molecule has 1 N–H and O–H groups in total. The number of hydrogen-bond acceptors (Lipinski definition) is 3. The molecular formula is C22H25BrN4O.